The summed E-state index contributed by atoms with van der Waals surface area (Å²) in [5.41, 5.74) is 2.54. The molecule has 1 nitrogen and oxygen atoms in total. The van der Waals surface area contributed by atoms with Gasteiger partial charge in [0.25, 0.3) is 0 Å². The Kier molecular flexibility index (Phi) is 3.42. The van der Waals surface area contributed by atoms with Crippen molar-refractivity contribution in [2.24, 2.45) is 10.8 Å². The van der Waals surface area contributed by atoms with Crippen LogP contribution in [0.15, 0.2) is 30.3 Å². The third-order valence-electron chi connectivity index (χ3n) is 5.99. The van der Waals surface area contributed by atoms with Crippen molar-refractivity contribution in [3.63, 3.8) is 0 Å². The lowest BCUT2D eigenvalue weighted by Crippen LogP contribution is -2.52. The van der Waals surface area contributed by atoms with E-state index in [1.807, 2.05) is 0 Å². The van der Waals surface area contributed by atoms with Gasteiger partial charge in [-0.2, -0.15) is 0 Å². The second-order valence-electron chi connectivity index (χ2n) is 7.16. The van der Waals surface area contributed by atoms with Gasteiger partial charge in [-0.25, -0.2) is 0 Å². The summed E-state index contributed by atoms with van der Waals surface area (Å²) in [4.78, 5) is 0. The largest absolute Gasteiger partial charge is 0.316 e. The third-order valence-corrected chi connectivity index (χ3v) is 5.99. The Hall–Kier alpha value is -0.820. The van der Waals surface area contributed by atoms with Gasteiger partial charge in [0, 0.05) is 12.5 Å². The molecule has 104 valence electrons. The van der Waals surface area contributed by atoms with Crippen LogP contribution >= 0.6 is 0 Å². The van der Waals surface area contributed by atoms with Crippen LogP contribution in [0.1, 0.15) is 57.4 Å². The number of nitrogens with one attached hydrogen (secondary N) is 1. The Morgan fingerprint density at radius 2 is 1.74 bits per heavy atom. The molecule has 19 heavy (non-hydrogen) atoms. The first-order valence-corrected chi connectivity index (χ1v) is 7.91. The van der Waals surface area contributed by atoms with Crippen molar-refractivity contribution in [2.45, 2.75) is 51.9 Å². The lowest BCUT2D eigenvalue weighted by atomic mass is 9.49. The number of benzene rings is 1. The Morgan fingerprint density at radius 1 is 1.00 bits per heavy atom. The molecule has 2 atom stereocenters. The topological polar surface area (TPSA) is 12.0 Å². The quantitative estimate of drug-likeness (QED) is 0.788. The average Bonchev–Trinajstić information content (AvgIpc) is 2.44. The highest BCUT2D eigenvalue weighted by molar-refractivity contribution is 5.25. The van der Waals surface area contributed by atoms with Crippen molar-refractivity contribution in [1.29, 1.82) is 0 Å². The zero-order valence-corrected chi connectivity index (χ0v) is 12.4. The molecule has 3 rings (SSSR count). The molecule has 2 fully saturated rings. The maximum absolute atomic E-state index is 3.64. The highest BCUT2D eigenvalue weighted by Gasteiger charge is 2.52. The van der Waals surface area contributed by atoms with E-state index in [4.69, 9.17) is 0 Å². The van der Waals surface area contributed by atoms with Crippen LogP contribution in [0, 0.1) is 10.8 Å². The van der Waals surface area contributed by atoms with Crippen LogP contribution in [0.5, 0.6) is 0 Å². The first-order chi connectivity index (χ1) is 9.16. The van der Waals surface area contributed by atoms with Gasteiger partial charge in [0.15, 0.2) is 0 Å². The van der Waals surface area contributed by atoms with Gasteiger partial charge in [-0.05, 0) is 42.2 Å². The minimum absolute atomic E-state index is 0.480. The molecule has 2 unspecified atom stereocenters. The second-order valence-corrected chi connectivity index (χ2v) is 7.16. The fourth-order valence-electron chi connectivity index (χ4n) is 4.75. The molecule has 2 aliphatic rings. The summed E-state index contributed by atoms with van der Waals surface area (Å²) in [6.45, 7) is 7.40. The molecule has 1 N–H and O–H groups in total. The van der Waals surface area contributed by atoms with Gasteiger partial charge >= 0.3 is 0 Å². The normalized spacial score (nSPS) is 34.3. The van der Waals surface area contributed by atoms with Crippen molar-refractivity contribution < 1.29 is 0 Å². The predicted octanol–water partition coefficient (Wildman–Crippen LogP) is 4.35. The van der Waals surface area contributed by atoms with E-state index < -0.39 is 0 Å². The summed E-state index contributed by atoms with van der Waals surface area (Å²) < 4.78 is 0. The van der Waals surface area contributed by atoms with Crippen LogP contribution in [0.3, 0.4) is 0 Å². The van der Waals surface area contributed by atoms with E-state index in [1.54, 1.807) is 5.56 Å². The molecule has 1 aromatic carbocycles. The van der Waals surface area contributed by atoms with Crippen LogP contribution in [0.4, 0.5) is 0 Å². The van der Waals surface area contributed by atoms with Crippen molar-refractivity contribution in [3.8, 4) is 0 Å². The predicted molar refractivity (Wildman–Crippen MR) is 81.4 cm³/mol. The van der Waals surface area contributed by atoms with Gasteiger partial charge in [0.1, 0.15) is 0 Å². The molecule has 1 aliphatic carbocycles. The minimum Gasteiger partial charge on any atom is -0.316 e. The first-order valence-electron chi connectivity index (χ1n) is 7.91. The van der Waals surface area contributed by atoms with Crippen LogP contribution in [-0.2, 0) is 0 Å². The molecular formula is C18H27N. The van der Waals surface area contributed by atoms with E-state index in [-0.39, 0.29) is 0 Å². The van der Waals surface area contributed by atoms with E-state index in [1.165, 1.54) is 38.6 Å². The smallest absolute Gasteiger partial charge is 0.00257 e. The summed E-state index contributed by atoms with van der Waals surface area (Å²) in [7, 11) is 0. The molecule has 1 aromatic rings. The summed E-state index contributed by atoms with van der Waals surface area (Å²) >= 11 is 0. The molecule has 1 heterocycles. The molecule has 0 bridgehead atoms. The van der Waals surface area contributed by atoms with Crippen molar-refractivity contribution in [1.82, 2.24) is 5.32 Å². The monoisotopic (exact) mass is 257 g/mol. The average molecular weight is 257 g/mol. The van der Waals surface area contributed by atoms with Crippen LogP contribution in [0.25, 0.3) is 0 Å². The third kappa shape index (κ3) is 2.12. The fourth-order valence-corrected chi connectivity index (χ4v) is 4.75. The van der Waals surface area contributed by atoms with E-state index in [2.05, 4.69) is 49.5 Å². The van der Waals surface area contributed by atoms with Gasteiger partial charge in [-0.3, -0.25) is 0 Å². The van der Waals surface area contributed by atoms with Crippen LogP contribution in [-0.4, -0.2) is 13.1 Å². The number of rotatable bonds is 1. The molecule has 0 radical (unpaired) electrons. The second kappa shape index (κ2) is 4.94. The van der Waals surface area contributed by atoms with E-state index >= 15 is 0 Å². The van der Waals surface area contributed by atoms with Gasteiger partial charge in [0.2, 0.25) is 0 Å². The Balaban J connectivity index is 2.01. The first kappa shape index (κ1) is 13.2. The Morgan fingerprint density at radius 3 is 2.47 bits per heavy atom. The highest BCUT2D eigenvalue weighted by Crippen LogP contribution is 2.60. The van der Waals surface area contributed by atoms with Gasteiger partial charge in [-0.1, -0.05) is 57.0 Å². The Bertz CT molecular complexity index is 417. The maximum atomic E-state index is 3.64. The highest BCUT2D eigenvalue weighted by atomic mass is 14.9. The van der Waals surface area contributed by atoms with Gasteiger partial charge < -0.3 is 5.32 Å². The molecule has 1 heteroatoms. The van der Waals surface area contributed by atoms with Crippen LogP contribution < -0.4 is 5.32 Å². The van der Waals surface area contributed by atoms with Crippen LogP contribution in [0.2, 0.25) is 0 Å². The molecule has 1 saturated heterocycles. The van der Waals surface area contributed by atoms with Gasteiger partial charge in [0.05, 0.1) is 0 Å². The number of hydrogen-bond donors (Lipinski definition) is 1. The van der Waals surface area contributed by atoms with E-state index in [0.29, 0.717) is 16.7 Å². The summed E-state index contributed by atoms with van der Waals surface area (Å²) in [6, 6.07) is 11.2. The standard InChI is InChI=1S/C18H27N/c1-17(2)10-6-7-11-18(17)12-13-19-14-16(18)15-8-4-3-5-9-15/h3-5,8-9,16,19H,6-7,10-14H2,1-2H3. The summed E-state index contributed by atoms with van der Waals surface area (Å²) in [5.74, 6) is 0.692. The number of piperidine rings is 1. The zero-order chi connectivity index (χ0) is 13.3. The summed E-state index contributed by atoms with van der Waals surface area (Å²) in [6.07, 6.45) is 7.01. The van der Waals surface area contributed by atoms with Crippen molar-refractivity contribution >= 4 is 0 Å². The number of hydrogen-bond acceptors (Lipinski definition) is 1. The molecule has 0 aromatic heterocycles. The lowest BCUT2D eigenvalue weighted by molar-refractivity contribution is -0.0320. The summed E-state index contributed by atoms with van der Waals surface area (Å²) in [5, 5.41) is 3.64. The van der Waals surface area contributed by atoms with Crippen molar-refractivity contribution in [3.05, 3.63) is 35.9 Å². The fraction of sp³-hybridized carbons (Fsp3) is 0.667. The molecule has 1 spiro atoms. The minimum atomic E-state index is 0.480. The van der Waals surface area contributed by atoms with Gasteiger partial charge in [-0.15, -0.1) is 0 Å². The maximum Gasteiger partial charge on any atom is 0.00257 e. The molecular weight excluding hydrogens is 230 g/mol. The Labute approximate surface area is 117 Å². The van der Waals surface area contributed by atoms with Crippen molar-refractivity contribution in [2.75, 3.05) is 13.1 Å². The van der Waals surface area contributed by atoms with E-state index in [0.717, 1.165) is 6.54 Å². The van der Waals surface area contributed by atoms with E-state index in [9.17, 15) is 0 Å². The molecule has 0 amide bonds. The zero-order valence-electron chi connectivity index (χ0n) is 12.4. The molecule has 1 aliphatic heterocycles. The molecule has 1 saturated carbocycles. The SMILES string of the molecule is CC1(C)CCCCC12CCNCC2c1ccccc1. The lowest BCUT2D eigenvalue weighted by Gasteiger charge is -2.57.